The summed E-state index contributed by atoms with van der Waals surface area (Å²) in [6.07, 6.45) is -6.49. The van der Waals surface area contributed by atoms with Crippen LogP contribution < -0.4 is 10.4 Å². The standard InChI is InChI=1S/C20H24O9/c1-3-4-7-26-19(25)18-16(23)15(22)17(24)20(29-18)27-11-5-6-12-10(2)8-14(21)28-13(12)9-11/h5-6,8-9,15-18,20,22-24H,3-4,7H2,1-2H3/t15-,16+,17?,18?,20-/m1/s1. The minimum atomic E-state index is -1.68. The van der Waals surface area contributed by atoms with Gasteiger partial charge in [0.05, 0.1) is 6.61 Å². The molecular weight excluding hydrogens is 384 g/mol. The topological polar surface area (TPSA) is 136 Å². The second-order valence-corrected chi connectivity index (χ2v) is 6.94. The lowest BCUT2D eigenvalue weighted by Gasteiger charge is -2.39. The van der Waals surface area contributed by atoms with E-state index in [1.165, 1.54) is 12.1 Å². The first-order chi connectivity index (χ1) is 13.8. The second kappa shape index (κ2) is 8.91. The Labute approximate surface area is 166 Å². The van der Waals surface area contributed by atoms with Crippen molar-refractivity contribution in [2.45, 2.75) is 57.4 Å². The van der Waals surface area contributed by atoms with Crippen LogP contribution in [-0.4, -0.2) is 58.6 Å². The van der Waals surface area contributed by atoms with Crippen molar-refractivity contribution in [1.29, 1.82) is 0 Å². The largest absolute Gasteiger partial charge is 0.464 e. The molecule has 1 aliphatic heterocycles. The normalized spacial score (nSPS) is 27.0. The van der Waals surface area contributed by atoms with E-state index in [2.05, 4.69) is 0 Å². The summed E-state index contributed by atoms with van der Waals surface area (Å²) >= 11 is 0. The summed E-state index contributed by atoms with van der Waals surface area (Å²) in [5, 5.41) is 31.1. The van der Waals surface area contributed by atoms with Crippen LogP contribution in [0.2, 0.25) is 0 Å². The van der Waals surface area contributed by atoms with Crippen LogP contribution in [-0.2, 0) is 14.3 Å². The van der Waals surface area contributed by atoms with Crippen LogP contribution in [0.25, 0.3) is 11.0 Å². The maximum atomic E-state index is 12.2. The summed E-state index contributed by atoms with van der Waals surface area (Å²) in [7, 11) is 0. The van der Waals surface area contributed by atoms with Gasteiger partial charge in [-0.1, -0.05) is 13.3 Å². The average molecular weight is 408 g/mol. The Morgan fingerprint density at radius 2 is 1.90 bits per heavy atom. The van der Waals surface area contributed by atoms with Gasteiger partial charge in [0, 0.05) is 17.5 Å². The van der Waals surface area contributed by atoms with E-state index in [0.29, 0.717) is 11.8 Å². The lowest BCUT2D eigenvalue weighted by atomic mass is 9.99. The van der Waals surface area contributed by atoms with Crippen molar-refractivity contribution in [2.75, 3.05) is 6.61 Å². The molecule has 9 nitrogen and oxygen atoms in total. The van der Waals surface area contributed by atoms with E-state index in [1.54, 1.807) is 19.1 Å². The number of carbonyl (C=O) groups excluding carboxylic acids is 1. The van der Waals surface area contributed by atoms with E-state index in [4.69, 9.17) is 18.6 Å². The summed E-state index contributed by atoms with van der Waals surface area (Å²) in [5.41, 5.74) is 0.480. The zero-order chi connectivity index (χ0) is 21.1. The molecule has 0 bridgehead atoms. The van der Waals surface area contributed by atoms with E-state index >= 15 is 0 Å². The predicted octanol–water partition coefficient (Wildman–Crippen LogP) is 0.631. The predicted molar refractivity (Wildman–Crippen MR) is 100 cm³/mol. The van der Waals surface area contributed by atoms with Crippen LogP contribution in [0.5, 0.6) is 5.75 Å². The van der Waals surface area contributed by atoms with Gasteiger partial charge < -0.3 is 33.9 Å². The summed E-state index contributed by atoms with van der Waals surface area (Å²) in [6, 6.07) is 6.03. The molecule has 1 fully saturated rings. The Hall–Kier alpha value is -2.46. The van der Waals surface area contributed by atoms with Crippen LogP contribution in [0.4, 0.5) is 0 Å². The Balaban J connectivity index is 1.79. The molecule has 1 saturated heterocycles. The fraction of sp³-hybridized carbons (Fsp3) is 0.500. The van der Waals surface area contributed by atoms with Crippen molar-refractivity contribution in [2.24, 2.45) is 0 Å². The summed E-state index contributed by atoms with van der Waals surface area (Å²) in [4.78, 5) is 23.8. The van der Waals surface area contributed by atoms with Gasteiger partial charge in [0.1, 0.15) is 29.6 Å². The van der Waals surface area contributed by atoms with Crippen molar-refractivity contribution in [3.8, 4) is 5.75 Å². The first-order valence-electron chi connectivity index (χ1n) is 9.39. The highest BCUT2D eigenvalue weighted by Gasteiger charge is 2.48. The smallest absolute Gasteiger partial charge is 0.338 e. The van der Waals surface area contributed by atoms with Crippen LogP contribution in [0, 0.1) is 6.92 Å². The Morgan fingerprint density at radius 3 is 2.62 bits per heavy atom. The fourth-order valence-corrected chi connectivity index (χ4v) is 3.05. The van der Waals surface area contributed by atoms with Gasteiger partial charge in [-0.25, -0.2) is 9.59 Å². The minimum absolute atomic E-state index is 0.148. The number of esters is 1. The summed E-state index contributed by atoms with van der Waals surface area (Å²) < 4.78 is 21.1. The van der Waals surface area contributed by atoms with E-state index < -0.39 is 42.3 Å². The van der Waals surface area contributed by atoms with Gasteiger partial charge in [0.15, 0.2) is 6.10 Å². The number of carbonyl (C=O) groups is 1. The molecule has 29 heavy (non-hydrogen) atoms. The molecule has 2 unspecified atom stereocenters. The number of unbranched alkanes of at least 4 members (excludes halogenated alkanes) is 1. The van der Waals surface area contributed by atoms with Crippen molar-refractivity contribution in [1.82, 2.24) is 0 Å². The number of aryl methyl sites for hydroxylation is 1. The summed E-state index contributed by atoms with van der Waals surface area (Å²) in [6.45, 7) is 3.84. The molecule has 0 saturated carbocycles. The van der Waals surface area contributed by atoms with Gasteiger partial charge in [-0.3, -0.25) is 0 Å². The maximum Gasteiger partial charge on any atom is 0.338 e. The highest BCUT2D eigenvalue weighted by atomic mass is 16.7. The molecule has 158 valence electrons. The SMILES string of the molecule is CCCCOC(=O)C1O[C@@H](Oc2ccc3c(C)cc(=O)oc3c2)C(O)[C@H](O)[C@@H]1O. The maximum absolute atomic E-state index is 12.2. The molecule has 1 aliphatic rings. The first-order valence-corrected chi connectivity index (χ1v) is 9.39. The van der Waals surface area contributed by atoms with E-state index in [0.717, 1.165) is 12.0 Å². The van der Waals surface area contributed by atoms with Gasteiger partial charge in [0.25, 0.3) is 0 Å². The Kier molecular flexibility index (Phi) is 6.53. The molecule has 3 N–H and O–H groups in total. The van der Waals surface area contributed by atoms with E-state index in [-0.39, 0.29) is 17.9 Å². The number of rotatable bonds is 6. The number of fused-ring (bicyclic) bond motifs is 1. The van der Waals surface area contributed by atoms with Crippen LogP contribution in [0.1, 0.15) is 25.3 Å². The molecule has 5 atom stereocenters. The third kappa shape index (κ3) is 4.59. The second-order valence-electron chi connectivity index (χ2n) is 6.94. The van der Waals surface area contributed by atoms with Gasteiger partial charge in [-0.2, -0.15) is 0 Å². The lowest BCUT2D eigenvalue weighted by Crippen LogP contribution is -2.61. The van der Waals surface area contributed by atoms with Gasteiger partial charge in [-0.05, 0) is 31.0 Å². The molecule has 0 amide bonds. The van der Waals surface area contributed by atoms with Gasteiger partial charge >= 0.3 is 11.6 Å². The van der Waals surface area contributed by atoms with E-state index in [9.17, 15) is 24.9 Å². The molecule has 2 heterocycles. The van der Waals surface area contributed by atoms with E-state index in [1.807, 2.05) is 6.92 Å². The molecular formula is C20H24O9. The summed E-state index contributed by atoms with van der Waals surface area (Å²) in [5.74, 6) is -0.678. The number of aliphatic hydroxyl groups is 3. The number of aliphatic hydroxyl groups excluding tert-OH is 3. The fourth-order valence-electron chi connectivity index (χ4n) is 3.05. The third-order valence-electron chi connectivity index (χ3n) is 4.72. The molecule has 9 heteroatoms. The number of hydrogen-bond donors (Lipinski definition) is 3. The molecule has 0 radical (unpaired) electrons. The Morgan fingerprint density at radius 1 is 1.14 bits per heavy atom. The minimum Gasteiger partial charge on any atom is -0.464 e. The van der Waals surface area contributed by atoms with Gasteiger partial charge in [0.2, 0.25) is 6.29 Å². The van der Waals surface area contributed by atoms with Crippen LogP contribution in [0.15, 0.2) is 33.5 Å². The molecule has 0 spiro atoms. The molecule has 1 aromatic heterocycles. The Bertz CT molecular complexity index is 922. The third-order valence-corrected chi connectivity index (χ3v) is 4.72. The monoisotopic (exact) mass is 408 g/mol. The van der Waals surface area contributed by atoms with Crippen molar-refractivity contribution in [3.63, 3.8) is 0 Å². The zero-order valence-electron chi connectivity index (χ0n) is 16.1. The van der Waals surface area contributed by atoms with Gasteiger partial charge in [-0.15, -0.1) is 0 Å². The highest BCUT2D eigenvalue weighted by molar-refractivity contribution is 5.81. The first kappa shape index (κ1) is 21.3. The number of hydrogen-bond acceptors (Lipinski definition) is 9. The van der Waals surface area contributed by atoms with Crippen molar-refractivity contribution >= 4 is 16.9 Å². The zero-order valence-corrected chi connectivity index (χ0v) is 16.1. The van der Waals surface area contributed by atoms with Crippen LogP contribution in [0.3, 0.4) is 0 Å². The lowest BCUT2D eigenvalue weighted by molar-refractivity contribution is -0.272. The number of benzene rings is 1. The average Bonchev–Trinajstić information content (AvgIpc) is 2.68. The molecule has 3 rings (SSSR count). The quantitative estimate of drug-likeness (QED) is 0.357. The van der Waals surface area contributed by atoms with Crippen LogP contribution >= 0.6 is 0 Å². The highest BCUT2D eigenvalue weighted by Crippen LogP contribution is 2.27. The van der Waals surface area contributed by atoms with Crippen molar-refractivity contribution in [3.05, 3.63) is 40.2 Å². The number of ether oxygens (including phenoxy) is 3. The molecule has 2 aromatic rings. The van der Waals surface area contributed by atoms with Crippen molar-refractivity contribution < 1.29 is 38.7 Å². The molecule has 0 aliphatic carbocycles. The molecule has 1 aromatic carbocycles.